The van der Waals surface area contributed by atoms with Crippen molar-refractivity contribution in [1.82, 2.24) is 10.6 Å². The first-order valence-electron chi connectivity index (χ1n) is 7.50. The van der Waals surface area contributed by atoms with Crippen LogP contribution in [0.4, 0.5) is 0 Å². The highest BCUT2D eigenvalue weighted by Gasteiger charge is 2.15. The van der Waals surface area contributed by atoms with E-state index in [1.165, 1.54) is 0 Å². The molecule has 0 radical (unpaired) electrons. The lowest BCUT2D eigenvalue weighted by atomic mass is 10.1. The molecule has 0 aliphatic rings. The number of benzene rings is 2. The zero-order valence-electron chi connectivity index (χ0n) is 13.2. The van der Waals surface area contributed by atoms with E-state index in [-0.39, 0.29) is 18.2 Å². The molecule has 4 nitrogen and oxygen atoms in total. The van der Waals surface area contributed by atoms with Gasteiger partial charge >= 0.3 is 0 Å². The molecule has 2 amide bonds. The summed E-state index contributed by atoms with van der Waals surface area (Å²) in [7, 11) is 0. The number of halogens is 2. The highest BCUT2D eigenvalue weighted by molar-refractivity contribution is 6.42. The minimum atomic E-state index is -0.621. The number of carbonyl (C=O) groups excluding carboxylic acids is 2. The molecule has 0 aliphatic heterocycles. The van der Waals surface area contributed by atoms with E-state index in [9.17, 15) is 9.59 Å². The third kappa shape index (κ3) is 5.55. The Morgan fingerprint density at radius 1 is 1.00 bits per heavy atom. The van der Waals surface area contributed by atoms with Gasteiger partial charge < -0.3 is 10.6 Å². The van der Waals surface area contributed by atoms with Crippen LogP contribution >= 0.6 is 23.2 Å². The summed E-state index contributed by atoms with van der Waals surface area (Å²) in [6.45, 7) is 2.07. The van der Waals surface area contributed by atoms with Gasteiger partial charge in [-0.3, -0.25) is 9.59 Å². The fourth-order valence-electron chi connectivity index (χ4n) is 2.13. The van der Waals surface area contributed by atoms with Crippen LogP contribution in [-0.2, 0) is 22.6 Å². The predicted octanol–water partition coefficient (Wildman–Crippen LogP) is 3.36. The average Bonchev–Trinajstić information content (AvgIpc) is 2.56. The van der Waals surface area contributed by atoms with Gasteiger partial charge in [-0.1, -0.05) is 59.6 Å². The van der Waals surface area contributed by atoms with E-state index < -0.39 is 6.04 Å². The van der Waals surface area contributed by atoms with Crippen LogP contribution in [0, 0.1) is 0 Å². The van der Waals surface area contributed by atoms with Crippen LogP contribution in [-0.4, -0.2) is 17.9 Å². The molecule has 126 valence electrons. The molecule has 0 aromatic heterocycles. The Kier molecular flexibility index (Phi) is 6.64. The minimum Gasteiger partial charge on any atom is -0.350 e. The van der Waals surface area contributed by atoms with Gasteiger partial charge in [0.25, 0.3) is 0 Å². The van der Waals surface area contributed by atoms with Gasteiger partial charge in [-0.05, 0) is 30.2 Å². The number of nitrogens with one attached hydrogen (secondary N) is 2. The maximum Gasteiger partial charge on any atom is 0.242 e. The normalized spacial score (nSPS) is 11.6. The average molecular weight is 365 g/mol. The minimum absolute atomic E-state index is 0.132. The molecule has 0 bridgehead atoms. The summed E-state index contributed by atoms with van der Waals surface area (Å²) in [6, 6.07) is 14.0. The van der Waals surface area contributed by atoms with Crippen LogP contribution in [0.1, 0.15) is 18.1 Å². The van der Waals surface area contributed by atoms with E-state index in [1.807, 2.05) is 30.3 Å². The Hall–Kier alpha value is -2.04. The summed E-state index contributed by atoms with van der Waals surface area (Å²) in [5.41, 5.74) is 1.74. The van der Waals surface area contributed by atoms with E-state index >= 15 is 0 Å². The zero-order valence-corrected chi connectivity index (χ0v) is 14.7. The van der Waals surface area contributed by atoms with Gasteiger partial charge in [-0.2, -0.15) is 0 Å². The second kappa shape index (κ2) is 8.71. The van der Waals surface area contributed by atoms with Crippen molar-refractivity contribution in [2.75, 3.05) is 0 Å². The Labute approximate surface area is 151 Å². The maximum atomic E-state index is 12.0. The Balaban J connectivity index is 1.81. The molecule has 24 heavy (non-hydrogen) atoms. The summed E-state index contributed by atoms with van der Waals surface area (Å²) >= 11 is 11.8. The van der Waals surface area contributed by atoms with Crippen molar-refractivity contribution in [3.63, 3.8) is 0 Å². The molecule has 2 rings (SSSR count). The highest BCUT2D eigenvalue weighted by atomic mass is 35.5. The highest BCUT2D eigenvalue weighted by Crippen LogP contribution is 2.22. The fraction of sp³-hybridized carbons (Fsp3) is 0.222. The van der Waals surface area contributed by atoms with Crippen molar-refractivity contribution < 1.29 is 9.59 Å². The quantitative estimate of drug-likeness (QED) is 0.825. The fourth-order valence-corrected chi connectivity index (χ4v) is 2.45. The molecule has 0 heterocycles. The summed E-state index contributed by atoms with van der Waals surface area (Å²) in [5, 5.41) is 6.30. The Bertz CT molecular complexity index is 720. The van der Waals surface area contributed by atoms with E-state index in [1.54, 1.807) is 25.1 Å². The molecule has 2 aromatic carbocycles. The van der Waals surface area contributed by atoms with Crippen molar-refractivity contribution in [2.45, 2.75) is 25.9 Å². The molecule has 0 aliphatic carbocycles. The van der Waals surface area contributed by atoms with Crippen LogP contribution in [0.25, 0.3) is 0 Å². The number of hydrogen-bond donors (Lipinski definition) is 2. The number of carbonyl (C=O) groups is 2. The lowest BCUT2D eigenvalue weighted by Crippen LogP contribution is -2.45. The van der Waals surface area contributed by atoms with Crippen molar-refractivity contribution in [3.05, 3.63) is 69.7 Å². The third-order valence-electron chi connectivity index (χ3n) is 3.43. The molecule has 2 aromatic rings. The first kappa shape index (κ1) is 18.3. The van der Waals surface area contributed by atoms with E-state index in [0.717, 1.165) is 11.1 Å². The molecule has 0 spiro atoms. The molecule has 1 unspecified atom stereocenters. The summed E-state index contributed by atoms with van der Waals surface area (Å²) < 4.78 is 0. The molecule has 2 N–H and O–H groups in total. The van der Waals surface area contributed by atoms with Crippen LogP contribution in [0.15, 0.2) is 48.5 Å². The third-order valence-corrected chi connectivity index (χ3v) is 4.17. The molecule has 6 heteroatoms. The largest absolute Gasteiger partial charge is 0.350 e. The van der Waals surface area contributed by atoms with Crippen LogP contribution in [0.5, 0.6) is 0 Å². The topological polar surface area (TPSA) is 58.2 Å². The van der Waals surface area contributed by atoms with E-state index in [2.05, 4.69) is 10.6 Å². The first-order valence-corrected chi connectivity index (χ1v) is 8.26. The van der Waals surface area contributed by atoms with Crippen LogP contribution in [0.2, 0.25) is 10.0 Å². The Morgan fingerprint density at radius 2 is 1.71 bits per heavy atom. The van der Waals surface area contributed by atoms with Crippen molar-refractivity contribution in [3.8, 4) is 0 Å². The standard InChI is InChI=1S/C18H18Cl2N2O2/c1-12(18(24)21-11-13-5-3-2-4-6-13)22-17(23)10-14-7-8-15(19)16(20)9-14/h2-9,12H,10-11H2,1H3,(H,21,24)(H,22,23). The SMILES string of the molecule is CC(NC(=O)Cc1ccc(Cl)c(Cl)c1)C(=O)NCc1ccccc1. The van der Waals surface area contributed by atoms with Crippen molar-refractivity contribution in [2.24, 2.45) is 0 Å². The van der Waals surface area contributed by atoms with Gasteiger partial charge in [0.1, 0.15) is 6.04 Å². The molecule has 0 saturated carbocycles. The summed E-state index contributed by atoms with van der Waals surface area (Å²) in [4.78, 5) is 24.1. The smallest absolute Gasteiger partial charge is 0.242 e. The van der Waals surface area contributed by atoms with Gasteiger partial charge in [0.2, 0.25) is 11.8 Å². The molecular weight excluding hydrogens is 347 g/mol. The first-order chi connectivity index (χ1) is 11.5. The maximum absolute atomic E-state index is 12.0. The monoisotopic (exact) mass is 364 g/mol. The van der Waals surface area contributed by atoms with Gasteiger partial charge in [-0.25, -0.2) is 0 Å². The molecule has 0 fully saturated rings. The lowest BCUT2D eigenvalue weighted by molar-refractivity contribution is -0.128. The summed E-state index contributed by atoms with van der Waals surface area (Å²) in [6.07, 6.45) is 0.132. The predicted molar refractivity (Wildman–Crippen MR) is 96.1 cm³/mol. The van der Waals surface area contributed by atoms with E-state index in [4.69, 9.17) is 23.2 Å². The number of rotatable bonds is 6. The van der Waals surface area contributed by atoms with Crippen LogP contribution in [0.3, 0.4) is 0 Å². The van der Waals surface area contributed by atoms with Gasteiger partial charge in [0.15, 0.2) is 0 Å². The summed E-state index contributed by atoms with van der Waals surface area (Å²) in [5.74, 6) is -0.489. The lowest BCUT2D eigenvalue weighted by Gasteiger charge is -2.14. The molecular formula is C18H18Cl2N2O2. The second-order valence-electron chi connectivity index (χ2n) is 5.42. The zero-order chi connectivity index (χ0) is 17.5. The van der Waals surface area contributed by atoms with Crippen molar-refractivity contribution in [1.29, 1.82) is 0 Å². The number of hydrogen-bond acceptors (Lipinski definition) is 2. The Morgan fingerprint density at radius 3 is 2.38 bits per heavy atom. The van der Waals surface area contributed by atoms with Gasteiger partial charge in [0.05, 0.1) is 16.5 Å². The van der Waals surface area contributed by atoms with E-state index in [0.29, 0.717) is 16.6 Å². The van der Waals surface area contributed by atoms with Gasteiger partial charge in [0, 0.05) is 6.54 Å². The van der Waals surface area contributed by atoms with Gasteiger partial charge in [-0.15, -0.1) is 0 Å². The van der Waals surface area contributed by atoms with Crippen LogP contribution < -0.4 is 10.6 Å². The molecule has 1 atom stereocenters. The number of amides is 2. The van der Waals surface area contributed by atoms with Crippen molar-refractivity contribution >= 4 is 35.0 Å². The second-order valence-corrected chi connectivity index (χ2v) is 6.23. The molecule has 0 saturated heterocycles.